The number of hydrogen-bond donors (Lipinski definition) is 1. The molecule has 2 aromatic rings. The predicted octanol–water partition coefficient (Wildman–Crippen LogP) is 2.09. The lowest BCUT2D eigenvalue weighted by Gasteiger charge is -2.16. The van der Waals surface area contributed by atoms with E-state index in [0.29, 0.717) is 12.4 Å². The molecule has 6 heteroatoms. The molecular formula is C15H18N4O2. The number of nitrogens with zero attached hydrogens (tertiary/aromatic N) is 3. The molecule has 0 spiro atoms. The van der Waals surface area contributed by atoms with Gasteiger partial charge in [0.05, 0.1) is 5.92 Å². The summed E-state index contributed by atoms with van der Waals surface area (Å²) in [6.07, 6.45) is 3.29. The number of aryl methyl sites for hydroxylation is 1. The molecular weight excluding hydrogens is 268 g/mol. The second-order valence-electron chi connectivity index (χ2n) is 5.51. The van der Waals surface area contributed by atoms with Crippen LogP contribution in [0.15, 0.2) is 35.2 Å². The van der Waals surface area contributed by atoms with E-state index in [9.17, 15) is 4.79 Å². The zero-order valence-electron chi connectivity index (χ0n) is 12.1. The Balaban J connectivity index is 1.69. The van der Waals surface area contributed by atoms with E-state index in [-0.39, 0.29) is 17.7 Å². The molecule has 1 aliphatic rings. The average molecular weight is 286 g/mol. The van der Waals surface area contributed by atoms with Crippen molar-refractivity contribution < 1.29 is 9.32 Å². The van der Waals surface area contributed by atoms with Crippen molar-refractivity contribution >= 4 is 17.5 Å². The molecule has 110 valence electrons. The minimum atomic E-state index is -0.0805. The Bertz CT molecular complexity index is 626. The first-order valence-electron chi connectivity index (χ1n) is 7.03. The maximum absolute atomic E-state index is 12.4. The smallest absolute Gasteiger partial charge is 0.230 e. The predicted molar refractivity (Wildman–Crippen MR) is 79.0 cm³/mol. The lowest BCUT2D eigenvalue weighted by atomic mass is 9.97. The van der Waals surface area contributed by atoms with Crippen molar-refractivity contribution in [1.82, 2.24) is 10.1 Å². The van der Waals surface area contributed by atoms with Crippen LogP contribution < -0.4 is 10.2 Å². The van der Waals surface area contributed by atoms with Crippen LogP contribution in [0.2, 0.25) is 0 Å². The molecule has 1 amide bonds. The Morgan fingerprint density at radius 1 is 1.43 bits per heavy atom. The average Bonchev–Trinajstić information content (AvgIpc) is 3.06. The molecule has 1 fully saturated rings. The van der Waals surface area contributed by atoms with Gasteiger partial charge in [0.2, 0.25) is 5.91 Å². The summed E-state index contributed by atoms with van der Waals surface area (Å²) in [6, 6.07) is 5.81. The van der Waals surface area contributed by atoms with Crippen LogP contribution in [0.5, 0.6) is 0 Å². The van der Waals surface area contributed by atoms with Crippen molar-refractivity contribution in [2.24, 2.45) is 11.8 Å². The third-order valence-electron chi connectivity index (χ3n) is 3.91. The highest BCUT2D eigenvalue weighted by Gasteiger charge is 2.35. The summed E-state index contributed by atoms with van der Waals surface area (Å²) in [5.41, 5.74) is 0.829. The summed E-state index contributed by atoms with van der Waals surface area (Å²) in [5, 5.41) is 6.64. The van der Waals surface area contributed by atoms with Crippen LogP contribution in [0.1, 0.15) is 12.5 Å². The number of rotatable bonds is 3. The van der Waals surface area contributed by atoms with E-state index in [1.807, 2.05) is 25.1 Å². The van der Waals surface area contributed by atoms with Gasteiger partial charge in [-0.05, 0) is 25.0 Å². The maximum atomic E-state index is 12.4. The Kier molecular flexibility index (Phi) is 3.60. The largest absolute Gasteiger partial charge is 0.362 e. The van der Waals surface area contributed by atoms with Gasteiger partial charge in [0.25, 0.3) is 0 Å². The van der Waals surface area contributed by atoms with Gasteiger partial charge in [-0.25, -0.2) is 4.98 Å². The number of carbonyl (C=O) groups is 1. The summed E-state index contributed by atoms with van der Waals surface area (Å²) in [7, 11) is 0. The molecule has 1 N–H and O–H groups in total. The first-order chi connectivity index (χ1) is 10.1. The fourth-order valence-corrected chi connectivity index (χ4v) is 2.65. The first-order valence-corrected chi connectivity index (χ1v) is 7.03. The molecule has 0 saturated carbocycles. The Morgan fingerprint density at radius 2 is 2.29 bits per heavy atom. The molecule has 3 rings (SSSR count). The van der Waals surface area contributed by atoms with Crippen LogP contribution in [0.25, 0.3) is 0 Å². The molecule has 1 saturated heterocycles. The second-order valence-corrected chi connectivity index (χ2v) is 5.51. The van der Waals surface area contributed by atoms with Gasteiger partial charge in [0.1, 0.15) is 12.1 Å². The summed E-state index contributed by atoms with van der Waals surface area (Å²) >= 11 is 0. The van der Waals surface area contributed by atoms with E-state index in [2.05, 4.69) is 27.3 Å². The van der Waals surface area contributed by atoms with E-state index < -0.39 is 0 Å². The van der Waals surface area contributed by atoms with Gasteiger partial charge in [0, 0.05) is 24.8 Å². The van der Waals surface area contributed by atoms with Gasteiger partial charge in [0.15, 0.2) is 5.82 Å². The van der Waals surface area contributed by atoms with Gasteiger partial charge in [-0.1, -0.05) is 18.1 Å². The SMILES string of the molecule is Cc1conc1NC(=O)[C@@H]1CN(c2ccccn2)C[C@H]1C. The third kappa shape index (κ3) is 2.74. The molecule has 1 aliphatic heterocycles. The van der Waals surface area contributed by atoms with Gasteiger partial charge < -0.3 is 14.7 Å². The molecule has 0 unspecified atom stereocenters. The molecule has 6 nitrogen and oxygen atoms in total. The topological polar surface area (TPSA) is 71.3 Å². The summed E-state index contributed by atoms with van der Waals surface area (Å²) in [4.78, 5) is 18.9. The highest BCUT2D eigenvalue weighted by molar-refractivity contribution is 5.93. The third-order valence-corrected chi connectivity index (χ3v) is 3.91. The minimum absolute atomic E-state index is 0.0158. The van der Waals surface area contributed by atoms with Crippen molar-refractivity contribution in [3.05, 3.63) is 36.2 Å². The number of carbonyl (C=O) groups excluding carboxylic acids is 1. The fourth-order valence-electron chi connectivity index (χ4n) is 2.65. The van der Waals surface area contributed by atoms with Crippen LogP contribution in [0.3, 0.4) is 0 Å². The van der Waals surface area contributed by atoms with E-state index in [1.165, 1.54) is 6.26 Å². The zero-order valence-corrected chi connectivity index (χ0v) is 12.1. The van der Waals surface area contributed by atoms with E-state index in [1.54, 1.807) is 6.20 Å². The lowest BCUT2D eigenvalue weighted by Crippen LogP contribution is -2.29. The van der Waals surface area contributed by atoms with Crippen molar-refractivity contribution in [3.8, 4) is 0 Å². The number of aromatic nitrogens is 2. The first kappa shape index (κ1) is 13.6. The summed E-state index contributed by atoms with van der Waals surface area (Å²) in [5.74, 6) is 1.58. The van der Waals surface area contributed by atoms with Crippen molar-refractivity contribution in [3.63, 3.8) is 0 Å². The summed E-state index contributed by atoms with van der Waals surface area (Å²) < 4.78 is 4.84. The Hall–Kier alpha value is -2.37. The van der Waals surface area contributed by atoms with E-state index in [0.717, 1.165) is 17.9 Å². The monoisotopic (exact) mass is 286 g/mol. The molecule has 2 atom stereocenters. The van der Waals surface area contributed by atoms with Crippen molar-refractivity contribution in [1.29, 1.82) is 0 Å². The maximum Gasteiger partial charge on any atom is 0.230 e. The molecule has 21 heavy (non-hydrogen) atoms. The fraction of sp³-hybridized carbons (Fsp3) is 0.400. The number of anilines is 2. The minimum Gasteiger partial charge on any atom is -0.362 e. The molecule has 2 aromatic heterocycles. The summed E-state index contributed by atoms with van der Waals surface area (Å²) in [6.45, 7) is 5.43. The lowest BCUT2D eigenvalue weighted by molar-refractivity contribution is -0.120. The van der Waals surface area contributed by atoms with Crippen molar-refractivity contribution in [2.75, 3.05) is 23.3 Å². The normalized spacial score (nSPS) is 21.5. The number of nitrogens with one attached hydrogen (secondary N) is 1. The zero-order chi connectivity index (χ0) is 14.8. The quantitative estimate of drug-likeness (QED) is 0.935. The van der Waals surface area contributed by atoms with Crippen LogP contribution in [0.4, 0.5) is 11.6 Å². The van der Waals surface area contributed by atoms with Crippen LogP contribution in [-0.4, -0.2) is 29.1 Å². The standard InChI is InChI=1S/C15H18N4O2/c1-10-7-19(13-5-3-4-6-16-13)8-12(10)15(20)17-14-11(2)9-21-18-14/h3-6,9-10,12H,7-8H2,1-2H3,(H,17,18,20)/t10-,12-/m1/s1. The van der Waals surface area contributed by atoms with Gasteiger partial charge >= 0.3 is 0 Å². The number of amides is 1. The molecule has 0 aliphatic carbocycles. The Labute approximate surface area is 123 Å². The number of pyridine rings is 1. The van der Waals surface area contributed by atoms with Crippen molar-refractivity contribution in [2.45, 2.75) is 13.8 Å². The van der Waals surface area contributed by atoms with Crippen LogP contribution in [-0.2, 0) is 4.79 Å². The molecule has 0 aromatic carbocycles. The highest BCUT2D eigenvalue weighted by atomic mass is 16.5. The Morgan fingerprint density at radius 3 is 2.95 bits per heavy atom. The van der Waals surface area contributed by atoms with E-state index in [4.69, 9.17) is 4.52 Å². The number of hydrogen-bond acceptors (Lipinski definition) is 5. The second kappa shape index (κ2) is 5.55. The van der Waals surface area contributed by atoms with Crippen LogP contribution in [0, 0.1) is 18.8 Å². The highest BCUT2D eigenvalue weighted by Crippen LogP contribution is 2.28. The van der Waals surface area contributed by atoms with Crippen LogP contribution >= 0.6 is 0 Å². The molecule has 3 heterocycles. The van der Waals surface area contributed by atoms with Gasteiger partial charge in [-0.15, -0.1) is 0 Å². The molecule has 0 bridgehead atoms. The van der Waals surface area contributed by atoms with Gasteiger partial charge in [-0.3, -0.25) is 4.79 Å². The molecule has 0 radical (unpaired) electrons. The van der Waals surface area contributed by atoms with Gasteiger partial charge in [-0.2, -0.15) is 0 Å². The van der Waals surface area contributed by atoms with E-state index >= 15 is 0 Å².